The molecule has 0 radical (unpaired) electrons. The van der Waals surface area contributed by atoms with E-state index in [0.29, 0.717) is 25.9 Å². The number of carbonyl (C=O) groups is 2. The van der Waals surface area contributed by atoms with E-state index in [0.717, 1.165) is 38.5 Å². The van der Waals surface area contributed by atoms with Gasteiger partial charge in [0.05, 0.1) is 25.4 Å². The number of hydrogen-bond donors (Lipinski definition) is 3. The number of amides is 1. The maximum Gasteiger partial charge on any atom is 0.305 e. The summed E-state index contributed by atoms with van der Waals surface area (Å²) in [6, 6.07) is -0.540. The summed E-state index contributed by atoms with van der Waals surface area (Å²) >= 11 is 0. The fraction of sp³-hybridized carbons (Fsp3) is 0.930. The van der Waals surface area contributed by atoms with Crippen molar-refractivity contribution in [3.63, 3.8) is 0 Å². The Kier molecular flexibility index (Phi) is 80.3. The highest BCUT2D eigenvalue weighted by atomic mass is 16.5. The minimum atomic E-state index is -0.664. The molecule has 0 fully saturated rings. The number of unbranched alkanes of at least 4 members (excludes halogenated alkanes) is 66. The predicted octanol–water partition coefficient (Wildman–Crippen LogP) is 28.4. The molecule has 3 N–H and O–H groups in total. The van der Waals surface area contributed by atoms with Crippen LogP contribution in [0, 0.1) is 0 Å². The molecule has 6 heteroatoms. The Morgan fingerprint density at radius 2 is 0.511 bits per heavy atom. The van der Waals surface area contributed by atoms with Gasteiger partial charge in [0.1, 0.15) is 0 Å². The van der Waals surface area contributed by atoms with Crippen LogP contribution in [0.25, 0.3) is 0 Å². The van der Waals surface area contributed by atoms with Gasteiger partial charge in [-0.25, -0.2) is 0 Å². The topological polar surface area (TPSA) is 95.9 Å². The summed E-state index contributed by atoms with van der Waals surface area (Å²) in [7, 11) is 0. The first-order valence-electron chi connectivity index (χ1n) is 42.6. The van der Waals surface area contributed by atoms with Crippen molar-refractivity contribution >= 4 is 11.9 Å². The molecule has 92 heavy (non-hydrogen) atoms. The van der Waals surface area contributed by atoms with Crippen LogP contribution in [-0.4, -0.2) is 47.4 Å². The highest BCUT2D eigenvalue weighted by Crippen LogP contribution is 2.21. The molecular formula is C86H167NO5. The van der Waals surface area contributed by atoms with E-state index >= 15 is 0 Å². The predicted molar refractivity (Wildman–Crippen MR) is 407 cm³/mol. The van der Waals surface area contributed by atoms with Crippen LogP contribution in [-0.2, 0) is 14.3 Å². The highest BCUT2D eigenvalue weighted by molar-refractivity contribution is 5.76. The molecule has 2 atom stereocenters. The van der Waals surface area contributed by atoms with Crippen molar-refractivity contribution in [3.8, 4) is 0 Å². The first-order valence-corrected chi connectivity index (χ1v) is 42.6. The van der Waals surface area contributed by atoms with Gasteiger partial charge in [-0.3, -0.25) is 9.59 Å². The van der Waals surface area contributed by atoms with Gasteiger partial charge >= 0.3 is 5.97 Å². The number of ether oxygens (including phenoxy) is 1. The van der Waals surface area contributed by atoms with Crippen LogP contribution in [0.2, 0.25) is 0 Å². The Morgan fingerprint density at radius 1 is 0.293 bits per heavy atom. The number of esters is 1. The maximum atomic E-state index is 12.6. The van der Waals surface area contributed by atoms with E-state index in [-0.39, 0.29) is 18.5 Å². The van der Waals surface area contributed by atoms with Crippen molar-refractivity contribution in [2.24, 2.45) is 0 Å². The molecule has 0 heterocycles. The lowest BCUT2D eigenvalue weighted by Crippen LogP contribution is -2.45. The zero-order chi connectivity index (χ0) is 66.3. The molecule has 546 valence electrons. The number of nitrogens with one attached hydrogen (secondary N) is 1. The number of aliphatic hydroxyl groups is 2. The van der Waals surface area contributed by atoms with Crippen molar-refractivity contribution in [2.75, 3.05) is 13.2 Å². The van der Waals surface area contributed by atoms with Crippen molar-refractivity contribution in [2.45, 2.75) is 501 Å². The van der Waals surface area contributed by atoms with Gasteiger partial charge in [-0.2, -0.15) is 0 Å². The lowest BCUT2D eigenvalue weighted by atomic mass is 10.0. The van der Waals surface area contributed by atoms with E-state index in [1.807, 2.05) is 0 Å². The average molecular weight is 1300 g/mol. The fourth-order valence-electron chi connectivity index (χ4n) is 13.8. The molecule has 0 aliphatic carbocycles. The molecule has 0 aromatic rings. The van der Waals surface area contributed by atoms with Gasteiger partial charge in [0.25, 0.3) is 0 Å². The quantitative estimate of drug-likeness (QED) is 0.0320. The normalized spacial score (nSPS) is 12.5. The van der Waals surface area contributed by atoms with E-state index < -0.39 is 12.1 Å². The van der Waals surface area contributed by atoms with E-state index in [9.17, 15) is 19.8 Å². The molecule has 0 rings (SSSR count). The van der Waals surface area contributed by atoms with Crippen LogP contribution in [0.3, 0.4) is 0 Å². The maximum absolute atomic E-state index is 12.6. The molecule has 0 saturated carbocycles. The van der Waals surface area contributed by atoms with E-state index in [1.165, 1.54) is 417 Å². The lowest BCUT2D eigenvalue weighted by Gasteiger charge is -2.22. The summed E-state index contributed by atoms with van der Waals surface area (Å²) in [5.41, 5.74) is 0. The first kappa shape index (κ1) is 90.3. The van der Waals surface area contributed by atoms with Crippen molar-refractivity contribution in [3.05, 3.63) is 24.3 Å². The summed E-state index contributed by atoms with van der Waals surface area (Å²) in [6.07, 6.45) is 106. The third-order valence-electron chi connectivity index (χ3n) is 20.2. The van der Waals surface area contributed by atoms with E-state index in [1.54, 1.807) is 0 Å². The smallest absolute Gasteiger partial charge is 0.305 e. The van der Waals surface area contributed by atoms with Gasteiger partial charge in [0.15, 0.2) is 0 Å². The monoisotopic (exact) mass is 1290 g/mol. The van der Waals surface area contributed by atoms with Gasteiger partial charge in [-0.15, -0.1) is 0 Å². The van der Waals surface area contributed by atoms with E-state index in [2.05, 4.69) is 43.5 Å². The molecule has 0 aromatic heterocycles. The number of rotatable bonds is 81. The Balaban J connectivity index is 3.34. The summed E-state index contributed by atoms with van der Waals surface area (Å²) in [4.78, 5) is 24.7. The second-order valence-corrected chi connectivity index (χ2v) is 29.5. The Bertz CT molecular complexity index is 1450. The number of allylic oxidation sites excluding steroid dienone is 4. The standard InChI is InChI=1S/C86H167NO5/c1-3-5-7-9-11-13-15-17-19-21-23-24-36-39-43-46-50-54-58-62-66-70-74-78-84(89)83(82-88)87-85(90)79-75-71-67-63-59-55-51-47-44-40-37-34-32-30-28-26-25-27-29-31-33-35-38-41-45-49-53-57-61-65-69-73-77-81-92-86(91)80-76-72-68-64-60-56-52-48-42-22-20-18-16-14-12-10-8-6-4-2/h18,20,29,31,83-84,88-89H,3-17,19,21-28,30,32-82H2,1-2H3,(H,87,90)/b20-18-,31-29-. The number of carbonyl (C=O) groups excluding carboxylic acids is 2. The van der Waals surface area contributed by atoms with Gasteiger partial charge in [-0.05, 0) is 77.0 Å². The SMILES string of the molecule is CCCCCCCC/C=C\CCCCCCCCCCCC(=O)OCCCCCCCCCCCCCC/C=C\CCCCCCCCCCCCCCCCCCCC(=O)NC(CO)C(O)CCCCCCCCCCCCCCCCCCCCCCCCC. The summed E-state index contributed by atoms with van der Waals surface area (Å²) < 4.78 is 5.52. The molecule has 0 spiro atoms. The largest absolute Gasteiger partial charge is 0.466 e. The number of hydrogen-bond acceptors (Lipinski definition) is 5. The van der Waals surface area contributed by atoms with Crippen molar-refractivity contribution in [1.82, 2.24) is 5.32 Å². The molecule has 0 aromatic carbocycles. The molecule has 2 unspecified atom stereocenters. The van der Waals surface area contributed by atoms with Crippen molar-refractivity contribution < 1.29 is 24.5 Å². The molecule has 1 amide bonds. The molecule has 0 bridgehead atoms. The van der Waals surface area contributed by atoms with Gasteiger partial charge in [-0.1, -0.05) is 423 Å². The van der Waals surface area contributed by atoms with Crippen LogP contribution in [0.1, 0.15) is 489 Å². The van der Waals surface area contributed by atoms with Crippen LogP contribution >= 0.6 is 0 Å². The summed E-state index contributed by atoms with van der Waals surface area (Å²) in [5, 5.41) is 23.5. The van der Waals surface area contributed by atoms with Gasteiger partial charge in [0, 0.05) is 12.8 Å². The zero-order valence-electron chi connectivity index (χ0n) is 62.8. The average Bonchev–Trinajstić information content (AvgIpc) is 3.60. The Hall–Kier alpha value is -1.66. The molecule has 0 aliphatic heterocycles. The van der Waals surface area contributed by atoms with E-state index in [4.69, 9.17) is 4.74 Å². The third-order valence-corrected chi connectivity index (χ3v) is 20.2. The molecule has 0 aliphatic rings. The van der Waals surface area contributed by atoms with Crippen molar-refractivity contribution in [1.29, 1.82) is 0 Å². The van der Waals surface area contributed by atoms with Crippen LogP contribution in [0.5, 0.6) is 0 Å². The molecule has 0 saturated heterocycles. The summed E-state index contributed by atoms with van der Waals surface area (Å²) in [5.74, 6) is -0.00626. The Morgan fingerprint density at radius 3 is 0.772 bits per heavy atom. The fourth-order valence-corrected chi connectivity index (χ4v) is 13.8. The van der Waals surface area contributed by atoms with Crippen LogP contribution in [0.4, 0.5) is 0 Å². The molecule has 6 nitrogen and oxygen atoms in total. The number of aliphatic hydroxyl groups excluding tert-OH is 2. The molecular weight excluding hydrogens is 1130 g/mol. The minimum absolute atomic E-state index is 0.0196. The minimum Gasteiger partial charge on any atom is -0.466 e. The van der Waals surface area contributed by atoms with Crippen LogP contribution < -0.4 is 5.32 Å². The lowest BCUT2D eigenvalue weighted by molar-refractivity contribution is -0.143. The Labute approximate surface area is 577 Å². The van der Waals surface area contributed by atoms with Crippen LogP contribution in [0.15, 0.2) is 24.3 Å². The highest BCUT2D eigenvalue weighted by Gasteiger charge is 2.20. The first-order chi connectivity index (χ1) is 45.5. The second kappa shape index (κ2) is 81.8. The van der Waals surface area contributed by atoms with Gasteiger partial charge < -0.3 is 20.3 Å². The second-order valence-electron chi connectivity index (χ2n) is 29.5. The van der Waals surface area contributed by atoms with Gasteiger partial charge in [0.2, 0.25) is 5.91 Å². The summed E-state index contributed by atoms with van der Waals surface area (Å²) in [6.45, 7) is 5.01. The zero-order valence-corrected chi connectivity index (χ0v) is 62.8. The third kappa shape index (κ3) is 77.3.